The number of pyridine rings is 1. The molecule has 0 saturated heterocycles. The monoisotopic (exact) mass is 510 g/mol. The number of allylic oxidation sites excluding steroid dienone is 1. The Balaban J connectivity index is 1.38. The number of rotatable bonds is 7. The van der Waals surface area contributed by atoms with Crippen molar-refractivity contribution in [3.05, 3.63) is 89.1 Å². The van der Waals surface area contributed by atoms with E-state index in [1.165, 1.54) is 6.20 Å². The fraction of sp³-hybridized carbons (Fsp3) is 0.200. The van der Waals surface area contributed by atoms with Crippen LogP contribution in [0.2, 0.25) is 5.02 Å². The molecule has 0 radical (unpaired) electrons. The number of halogens is 1. The van der Waals surface area contributed by atoms with Gasteiger partial charge in [0.1, 0.15) is 11.1 Å². The van der Waals surface area contributed by atoms with E-state index in [0.717, 1.165) is 11.3 Å². The number of anilines is 1. The second-order valence-electron chi connectivity index (χ2n) is 7.63. The molecule has 35 heavy (non-hydrogen) atoms. The summed E-state index contributed by atoms with van der Waals surface area (Å²) in [5.74, 6) is 1.02. The van der Waals surface area contributed by atoms with Crippen molar-refractivity contribution in [3.63, 3.8) is 0 Å². The van der Waals surface area contributed by atoms with E-state index in [2.05, 4.69) is 20.6 Å². The lowest BCUT2D eigenvalue weighted by atomic mass is 9.89. The Morgan fingerprint density at radius 3 is 2.66 bits per heavy atom. The van der Waals surface area contributed by atoms with Gasteiger partial charge in [-0.2, -0.15) is 0 Å². The predicted molar refractivity (Wildman–Crippen MR) is 138 cm³/mol. The van der Waals surface area contributed by atoms with E-state index in [4.69, 9.17) is 38.0 Å². The van der Waals surface area contributed by atoms with E-state index < -0.39 is 6.10 Å². The second-order valence-corrected chi connectivity index (χ2v) is 8.44. The molecule has 0 bridgehead atoms. The topological polar surface area (TPSA) is 94.1 Å². The maximum Gasteiger partial charge on any atom is 0.233 e. The Morgan fingerprint density at radius 1 is 1.17 bits per heavy atom. The van der Waals surface area contributed by atoms with Crippen LogP contribution in [-0.4, -0.2) is 42.0 Å². The quantitative estimate of drug-likeness (QED) is 0.539. The third-order valence-electron chi connectivity index (χ3n) is 5.26. The van der Waals surface area contributed by atoms with Crippen molar-refractivity contribution in [1.29, 1.82) is 0 Å². The largest absolute Gasteiger partial charge is 0.493 e. The van der Waals surface area contributed by atoms with Crippen molar-refractivity contribution in [2.75, 3.05) is 19.5 Å². The summed E-state index contributed by atoms with van der Waals surface area (Å²) >= 11 is 11.7. The van der Waals surface area contributed by atoms with Crippen molar-refractivity contribution >= 4 is 46.2 Å². The Hall–Kier alpha value is -3.69. The minimum Gasteiger partial charge on any atom is -0.493 e. The van der Waals surface area contributed by atoms with Crippen LogP contribution in [0.4, 0.5) is 5.69 Å². The molecule has 2 N–H and O–H groups in total. The molecule has 0 spiro atoms. The first-order chi connectivity index (χ1) is 17.0. The summed E-state index contributed by atoms with van der Waals surface area (Å²) in [4.78, 5) is 21.0. The Bertz CT molecular complexity index is 1240. The number of fused-ring (bicyclic) bond motifs is 1. The van der Waals surface area contributed by atoms with E-state index >= 15 is 0 Å². The SMILES string of the molecule is COC1=CC2=NC=CC(Oc3ncc(NC(=S)NC(=O)Cc4ccccc4)cc3Cl)C2C=C1OC. The molecule has 1 aromatic heterocycles. The number of nitrogens with one attached hydrogen (secondary N) is 2. The first-order valence-corrected chi connectivity index (χ1v) is 11.5. The normalized spacial score (nSPS) is 18.3. The van der Waals surface area contributed by atoms with Crippen molar-refractivity contribution in [2.24, 2.45) is 10.9 Å². The highest BCUT2D eigenvalue weighted by molar-refractivity contribution is 7.80. The summed E-state index contributed by atoms with van der Waals surface area (Å²) in [5.41, 5.74) is 2.19. The van der Waals surface area contributed by atoms with Gasteiger partial charge in [0.2, 0.25) is 11.8 Å². The van der Waals surface area contributed by atoms with Gasteiger partial charge in [-0.05, 0) is 36.0 Å². The smallest absolute Gasteiger partial charge is 0.233 e. The number of aromatic nitrogens is 1. The highest BCUT2D eigenvalue weighted by Crippen LogP contribution is 2.32. The molecular weight excluding hydrogens is 488 g/mol. The molecule has 1 aromatic carbocycles. The molecule has 1 aliphatic carbocycles. The van der Waals surface area contributed by atoms with Crippen molar-refractivity contribution in [3.8, 4) is 5.88 Å². The second kappa shape index (κ2) is 11.2. The standard InChI is InChI=1S/C25H23ClN4O4S/c1-32-21-12-17-19(13-22(21)33-2)27-9-8-20(17)34-24-18(26)11-16(14-28-24)29-25(35)30-23(31)10-15-6-4-3-5-7-15/h3-9,11-14,17,20H,10H2,1-2H3,(H2,29,30,31,35). The number of amides is 1. The number of nitrogens with zero attached hydrogens (tertiary/aromatic N) is 2. The van der Waals surface area contributed by atoms with Gasteiger partial charge < -0.3 is 24.8 Å². The molecule has 2 atom stereocenters. The van der Waals surface area contributed by atoms with Crippen LogP contribution in [0.25, 0.3) is 0 Å². The molecule has 1 aliphatic heterocycles. The van der Waals surface area contributed by atoms with E-state index in [-0.39, 0.29) is 34.3 Å². The molecule has 10 heteroatoms. The maximum atomic E-state index is 12.2. The predicted octanol–water partition coefficient (Wildman–Crippen LogP) is 4.20. The van der Waals surface area contributed by atoms with Gasteiger partial charge in [0.05, 0.1) is 44.2 Å². The number of carbonyl (C=O) groups is 1. The van der Waals surface area contributed by atoms with E-state index in [0.29, 0.717) is 17.2 Å². The van der Waals surface area contributed by atoms with Gasteiger partial charge in [-0.25, -0.2) is 4.98 Å². The average molecular weight is 511 g/mol. The van der Waals surface area contributed by atoms with Crippen LogP contribution in [0.1, 0.15) is 5.56 Å². The van der Waals surface area contributed by atoms with Gasteiger partial charge in [0.15, 0.2) is 16.6 Å². The van der Waals surface area contributed by atoms with Gasteiger partial charge in [-0.15, -0.1) is 0 Å². The van der Waals surface area contributed by atoms with E-state index in [1.54, 1.807) is 26.5 Å². The summed E-state index contributed by atoms with van der Waals surface area (Å²) < 4.78 is 16.9. The molecule has 180 valence electrons. The first-order valence-electron chi connectivity index (χ1n) is 10.7. The van der Waals surface area contributed by atoms with Crippen LogP contribution in [0.3, 0.4) is 0 Å². The lowest BCUT2D eigenvalue weighted by Gasteiger charge is -2.29. The highest BCUT2D eigenvalue weighted by atomic mass is 35.5. The molecule has 2 unspecified atom stereocenters. The summed E-state index contributed by atoms with van der Waals surface area (Å²) in [7, 11) is 3.15. The summed E-state index contributed by atoms with van der Waals surface area (Å²) in [6.07, 6.45) is 8.56. The number of thiocarbonyl (C=S) groups is 1. The van der Waals surface area contributed by atoms with E-state index in [9.17, 15) is 4.79 Å². The molecule has 0 saturated carbocycles. The number of hydrogen-bond acceptors (Lipinski definition) is 7. The third-order valence-corrected chi connectivity index (χ3v) is 5.74. The number of carbonyl (C=O) groups excluding carboxylic acids is 1. The van der Waals surface area contributed by atoms with Crippen LogP contribution >= 0.6 is 23.8 Å². The first kappa shape index (κ1) is 24.4. The molecule has 1 amide bonds. The van der Waals surface area contributed by atoms with Gasteiger partial charge in [-0.3, -0.25) is 9.79 Å². The Morgan fingerprint density at radius 2 is 1.94 bits per heavy atom. The lowest BCUT2D eigenvalue weighted by molar-refractivity contribution is -0.119. The Labute approximate surface area is 213 Å². The Kier molecular flexibility index (Phi) is 7.79. The molecule has 2 aromatic rings. The molecule has 8 nitrogen and oxygen atoms in total. The minimum absolute atomic E-state index is 0.147. The van der Waals surface area contributed by atoms with Gasteiger partial charge in [0.25, 0.3) is 0 Å². The maximum absolute atomic E-state index is 12.2. The van der Waals surface area contributed by atoms with Crippen LogP contribution in [0.5, 0.6) is 5.88 Å². The zero-order chi connectivity index (χ0) is 24.8. The van der Waals surface area contributed by atoms with Crippen LogP contribution < -0.4 is 15.4 Å². The van der Waals surface area contributed by atoms with E-state index in [1.807, 2.05) is 48.6 Å². The molecule has 0 fully saturated rings. The molecule has 2 aliphatic rings. The zero-order valence-corrected chi connectivity index (χ0v) is 20.6. The minimum atomic E-state index is -0.399. The number of ether oxygens (including phenoxy) is 3. The summed E-state index contributed by atoms with van der Waals surface area (Å²) in [5, 5.41) is 6.00. The van der Waals surface area contributed by atoms with Crippen molar-refractivity contribution < 1.29 is 19.0 Å². The summed E-state index contributed by atoms with van der Waals surface area (Å²) in [6, 6.07) is 11.0. The molecule has 2 heterocycles. The van der Waals surface area contributed by atoms with Crippen LogP contribution in [0, 0.1) is 5.92 Å². The van der Waals surface area contributed by atoms with Gasteiger partial charge in [0, 0.05) is 12.3 Å². The number of hydrogen-bond donors (Lipinski definition) is 2. The summed E-state index contributed by atoms with van der Waals surface area (Å²) in [6.45, 7) is 0. The number of aliphatic imine (C=N–C) groups is 1. The van der Waals surface area contributed by atoms with Crippen LogP contribution in [0.15, 0.2) is 83.5 Å². The number of methoxy groups -OCH3 is 2. The van der Waals surface area contributed by atoms with Gasteiger partial charge in [-0.1, -0.05) is 41.9 Å². The fourth-order valence-electron chi connectivity index (χ4n) is 3.62. The van der Waals surface area contributed by atoms with Gasteiger partial charge >= 0.3 is 0 Å². The lowest BCUT2D eigenvalue weighted by Crippen LogP contribution is -2.35. The zero-order valence-electron chi connectivity index (χ0n) is 19.0. The van der Waals surface area contributed by atoms with Crippen molar-refractivity contribution in [2.45, 2.75) is 12.5 Å². The molecule has 4 rings (SSSR count). The highest BCUT2D eigenvalue weighted by Gasteiger charge is 2.32. The van der Waals surface area contributed by atoms with Crippen molar-refractivity contribution in [1.82, 2.24) is 10.3 Å². The number of benzene rings is 1. The van der Waals surface area contributed by atoms with Crippen LogP contribution in [-0.2, 0) is 20.7 Å². The molecular formula is C25H23ClN4O4S. The fourth-order valence-corrected chi connectivity index (χ4v) is 4.06. The third kappa shape index (κ3) is 6.06. The average Bonchev–Trinajstić information content (AvgIpc) is 2.85.